The van der Waals surface area contributed by atoms with Crippen molar-refractivity contribution in [3.05, 3.63) is 29.0 Å². The zero-order valence-electron chi connectivity index (χ0n) is 15.3. The second kappa shape index (κ2) is 7.97. The molecule has 0 amide bonds. The summed E-state index contributed by atoms with van der Waals surface area (Å²) in [6, 6.07) is 1.88. The number of nitrogens with one attached hydrogen (secondary N) is 2. The number of anilines is 1. The lowest BCUT2D eigenvalue weighted by molar-refractivity contribution is 0.326. The van der Waals surface area contributed by atoms with E-state index in [-0.39, 0.29) is 12.4 Å². The second-order valence-electron chi connectivity index (χ2n) is 5.90. The minimum atomic E-state index is -3.02. The van der Waals surface area contributed by atoms with Crippen LogP contribution in [0.25, 0.3) is 0 Å². The normalized spacial score (nSPS) is 14.9. The van der Waals surface area contributed by atoms with Crippen molar-refractivity contribution in [2.24, 2.45) is 0 Å². The molecule has 0 bridgehead atoms. The largest absolute Gasteiger partial charge is 0.492 e. The summed E-state index contributed by atoms with van der Waals surface area (Å²) < 4.78 is 18.9. The van der Waals surface area contributed by atoms with Crippen molar-refractivity contribution in [1.82, 2.24) is 19.9 Å². The van der Waals surface area contributed by atoms with E-state index in [4.69, 9.17) is 4.52 Å². The summed E-state index contributed by atoms with van der Waals surface area (Å²) in [4.78, 5) is 15.8. The lowest BCUT2D eigenvalue weighted by atomic mass is 10.3. The van der Waals surface area contributed by atoms with E-state index in [2.05, 4.69) is 25.3 Å². The van der Waals surface area contributed by atoms with Crippen LogP contribution in [-0.4, -0.2) is 44.4 Å². The molecule has 2 heterocycles. The highest BCUT2D eigenvalue weighted by atomic mass is 31.2. The molecular weight excluding hydrogens is 341 g/mol. The van der Waals surface area contributed by atoms with Crippen molar-refractivity contribution < 1.29 is 14.2 Å². The number of H-pyrrole nitrogens is 1. The number of aromatic amines is 1. The van der Waals surface area contributed by atoms with Crippen LogP contribution >= 0.6 is 7.37 Å². The maximum atomic E-state index is 13.3. The average molecular weight is 367 g/mol. The van der Waals surface area contributed by atoms with E-state index in [0.717, 1.165) is 11.4 Å². The number of aromatic hydroxyl groups is 1. The Bertz CT molecular complexity index is 737. The molecule has 138 valence electrons. The lowest BCUT2D eigenvalue weighted by Gasteiger charge is -2.25. The van der Waals surface area contributed by atoms with Crippen molar-refractivity contribution in [2.45, 2.75) is 40.3 Å². The summed E-state index contributed by atoms with van der Waals surface area (Å²) in [5, 5.41) is 12.9. The average Bonchev–Trinajstić information content (AvgIpc) is 2.85. The first-order chi connectivity index (χ1) is 11.8. The Morgan fingerprint density at radius 3 is 2.36 bits per heavy atom. The van der Waals surface area contributed by atoms with Crippen molar-refractivity contribution >= 4 is 13.3 Å². The summed E-state index contributed by atoms with van der Waals surface area (Å²) in [5.74, 6) is 0.807. The molecule has 2 aromatic rings. The van der Waals surface area contributed by atoms with Crippen molar-refractivity contribution in [3.8, 4) is 5.88 Å². The molecule has 2 unspecified atom stereocenters. The van der Waals surface area contributed by atoms with Crippen LogP contribution in [-0.2, 0) is 9.09 Å². The first-order valence-electron chi connectivity index (χ1n) is 8.34. The fraction of sp³-hybridized carbons (Fsp3) is 0.562. The number of aromatic nitrogens is 4. The minimum absolute atomic E-state index is 0.0956. The van der Waals surface area contributed by atoms with Gasteiger partial charge in [0, 0.05) is 24.1 Å². The van der Waals surface area contributed by atoms with E-state index in [9.17, 15) is 9.67 Å². The van der Waals surface area contributed by atoms with Crippen LogP contribution in [0.15, 0.2) is 6.07 Å². The molecule has 0 fully saturated rings. The predicted molar refractivity (Wildman–Crippen MR) is 97.5 cm³/mol. The minimum Gasteiger partial charge on any atom is -0.492 e. The van der Waals surface area contributed by atoms with Crippen LogP contribution in [0.2, 0.25) is 0 Å². The Kier molecular flexibility index (Phi) is 6.19. The van der Waals surface area contributed by atoms with Gasteiger partial charge in [0.05, 0.1) is 12.3 Å². The zero-order valence-corrected chi connectivity index (χ0v) is 16.2. The highest BCUT2D eigenvalue weighted by molar-refractivity contribution is 7.59. The third kappa shape index (κ3) is 4.58. The molecule has 0 saturated heterocycles. The molecule has 2 atom stereocenters. The molecule has 0 spiro atoms. The van der Waals surface area contributed by atoms with Crippen LogP contribution < -0.4 is 5.32 Å². The molecule has 0 aliphatic carbocycles. The van der Waals surface area contributed by atoms with Gasteiger partial charge in [0.25, 0.3) is 0 Å². The Labute approximate surface area is 147 Å². The van der Waals surface area contributed by atoms with E-state index < -0.39 is 13.0 Å². The van der Waals surface area contributed by atoms with Gasteiger partial charge >= 0.3 is 0 Å². The van der Waals surface area contributed by atoms with Gasteiger partial charge in [-0.1, -0.05) is 6.92 Å². The van der Waals surface area contributed by atoms with Crippen molar-refractivity contribution in [2.75, 3.05) is 24.6 Å². The maximum absolute atomic E-state index is 13.3. The molecule has 0 aliphatic rings. The Balaban J connectivity index is 2.32. The molecule has 0 aliphatic heterocycles. The molecule has 8 nitrogen and oxygen atoms in total. The van der Waals surface area contributed by atoms with Gasteiger partial charge in [-0.15, -0.1) is 0 Å². The molecule has 0 radical (unpaired) electrons. The van der Waals surface area contributed by atoms with Gasteiger partial charge in [-0.3, -0.25) is 4.57 Å². The van der Waals surface area contributed by atoms with Gasteiger partial charge in [0.2, 0.25) is 19.2 Å². The molecule has 3 N–H and O–H groups in total. The van der Waals surface area contributed by atoms with Crippen molar-refractivity contribution in [1.29, 1.82) is 0 Å². The van der Waals surface area contributed by atoms with Crippen molar-refractivity contribution in [3.63, 3.8) is 0 Å². The number of nitrogens with zero attached hydrogens (tertiary/aromatic N) is 3. The summed E-state index contributed by atoms with van der Waals surface area (Å²) >= 11 is 0. The number of hydrogen-bond donors (Lipinski definition) is 3. The van der Waals surface area contributed by atoms with Gasteiger partial charge in [0.15, 0.2) is 0 Å². The number of rotatable bonds is 8. The second-order valence-corrected chi connectivity index (χ2v) is 8.87. The number of imidazole rings is 1. The molecule has 25 heavy (non-hydrogen) atoms. The van der Waals surface area contributed by atoms with Crippen LogP contribution in [0.1, 0.15) is 42.4 Å². The van der Waals surface area contributed by atoms with Gasteiger partial charge < -0.3 is 19.9 Å². The van der Waals surface area contributed by atoms with Gasteiger partial charge in [0.1, 0.15) is 11.5 Å². The molecular formula is C16H26N5O3P. The third-order valence-corrected chi connectivity index (χ3v) is 6.85. The fourth-order valence-corrected chi connectivity index (χ4v) is 4.77. The van der Waals surface area contributed by atoms with Gasteiger partial charge in [-0.2, -0.15) is 4.98 Å². The van der Waals surface area contributed by atoms with E-state index in [0.29, 0.717) is 30.2 Å². The fourth-order valence-electron chi connectivity index (χ4n) is 2.67. The highest BCUT2D eigenvalue weighted by Gasteiger charge is 2.36. The SMILES string of the molecule is CCOP(=O)(CC)C(CNc1nc(C)cc(C)n1)c1nc(O)c(C)[nH]1. The maximum Gasteiger partial charge on any atom is 0.232 e. The van der Waals surface area contributed by atoms with E-state index in [1.54, 1.807) is 6.92 Å². The number of hydrogen-bond acceptors (Lipinski definition) is 7. The Morgan fingerprint density at radius 2 is 1.88 bits per heavy atom. The van der Waals surface area contributed by atoms with E-state index in [1.165, 1.54) is 0 Å². The smallest absolute Gasteiger partial charge is 0.232 e. The van der Waals surface area contributed by atoms with Gasteiger partial charge in [-0.25, -0.2) is 9.97 Å². The first kappa shape index (κ1) is 19.4. The quantitative estimate of drug-likeness (QED) is 0.613. The molecule has 0 saturated carbocycles. The lowest BCUT2D eigenvalue weighted by Crippen LogP contribution is -2.18. The van der Waals surface area contributed by atoms with Gasteiger partial charge in [-0.05, 0) is 33.8 Å². The van der Waals surface area contributed by atoms with Crippen LogP contribution in [0.4, 0.5) is 5.95 Å². The Hall–Kier alpha value is -1.92. The standard InChI is InChI=1S/C16H26N5O3P/c1-6-24-25(23,7-2)13(14-20-12(5)15(22)21-14)9-17-16-18-10(3)8-11(4)19-16/h8,13,22H,6-7,9H2,1-5H3,(H,20,21)(H,17,18,19). The number of aryl methyl sites for hydroxylation is 3. The topological polar surface area (TPSA) is 113 Å². The molecule has 9 heteroatoms. The summed E-state index contributed by atoms with van der Waals surface area (Å²) in [6.07, 6.45) is 0.362. The monoisotopic (exact) mass is 367 g/mol. The zero-order chi connectivity index (χ0) is 18.6. The van der Waals surface area contributed by atoms with E-state index >= 15 is 0 Å². The third-order valence-electron chi connectivity index (χ3n) is 3.89. The Morgan fingerprint density at radius 1 is 1.24 bits per heavy atom. The summed E-state index contributed by atoms with van der Waals surface area (Å²) in [7, 11) is -3.02. The van der Waals surface area contributed by atoms with E-state index in [1.807, 2.05) is 33.8 Å². The van der Waals surface area contributed by atoms with Crippen LogP contribution in [0.5, 0.6) is 5.88 Å². The van der Waals surface area contributed by atoms with Crippen LogP contribution in [0, 0.1) is 20.8 Å². The molecule has 2 aromatic heterocycles. The summed E-state index contributed by atoms with van der Waals surface area (Å²) in [6.45, 7) is 9.75. The van der Waals surface area contributed by atoms with Crippen LogP contribution in [0.3, 0.4) is 0 Å². The summed E-state index contributed by atoms with van der Waals surface area (Å²) in [5.41, 5.74) is 1.69. The predicted octanol–water partition coefficient (Wildman–Crippen LogP) is 3.32. The first-order valence-corrected chi connectivity index (χ1v) is 10.2. The highest BCUT2D eigenvalue weighted by Crippen LogP contribution is 2.59. The molecule has 0 aromatic carbocycles. The molecule has 2 rings (SSSR count).